The molecule has 5 nitrogen and oxygen atoms in total. The highest BCUT2D eigenvalue weighted by molar-refractivity contribution is 7.92. The Labute approximate surface area is 89.7 Å². The smallest absolute Gasteiger partial charge is 0.228 e. The van der Waals surface area contributed by atoms with Crippen molar-refractivity contribution in [3.8, 4) is 0 Å². The van der Waals surface area contributed by atoms with E-state index in [9.17, 15) is 13.2 Å². The number of hydrogen-bond donors (Lipinski definition) is 1. The molecule has 1 atom stereocenters. The summed E-state index contributed by atoms with van der Waals surface area (Å²) in [5, 5.41) is 2.63. The van der Waals surface area contributed by atoms with E-state index in [0.29, 0.717) is 13.1 Å². The molecule has 1 unspecified atom stereocenters. The molecule has 1 amide bonds. The van der Waals surface area contributed by atoms with Crippen molar-refractivity contribution in [1.82, 2.24) is 10.2 Å². The second-order valence-corrected chi connectivity index (χ2v) is 6.86. The van der Waals surface area contributed by atoms with Gasteiger partial charge in [-0.25, -0.2) is 8.42 Å². The first-order valence-electron chi connectivity index (χ1n) is 5.22. The Bertz CT molecular complexity index is 362. The van der Waals surface area contributed by atoms with Gasteiger partial charge in [0.2, 0.25) is 5.91 Å². The maximum Gasteiger partial charge on any atom is 0.228 e. The Morgan fingerprint density at radius 1 is 1.40 bits per heavy atom. The average molecular weight is 232 g/mol. The van der Waals surface area contributed by atoms with Gasteiger partial charge in [0.05, 0.1) is 16.9 Å². The van der Waals surface area contributed by atoms with Crippen LogP contribution in [0.1, 0.15) is 6.92 Å². The summed E-state index contributed by atoms with van der Waals surface area (Å²) in [4.78, 5) is 13.5. The molecule has 0 aliphatic carbocycles. The third-order valence-corrected chi connectivity index (χ3v) is 5.31. The molecule has 2 saturated heterocycles. The van der Waals surface area contributed by atoms with Gasteiger partial charge in [0.15, 0.2) is 9.84 Å². The molecular formula is C9H16N2O3S. The number of rotatable bonds is 1. The second-order valence-electron chi connectivity index (χ2n) is 4.32. The Balaban J connectivity index is 1.99. The molecule has 2 rings (SSSR count). The number of nitrogens with one attached hydrogen (secondary N) is 1. The summed E-state index contributed by atoms with van der Waals surface area (Å²) in [7, 11) is -2.95. The first-order valence-corrected chi connectivity index (χ1v) is 6.93. The van der Waals surface area contributed by atoms with E-state index in [2.05, 4.69) is 5.32 Å². The zero-order valence-electron chi connectivity index (χ0n) is 8.77. The Morgan fingerprint density at radius 3 is 2.53 bits per heavy atom. The SMILES string of the molecule is CC1CN(C(=O)C2CNC2)CCS1(=O)=O. The molecule has 15 heavy (non-hydrogen) atoms. The van der Waals surface area contributed by atoms with E-state index >= 15 is 0 Å². The van der Waals surface area contributed by atoms with Crippen LogP contribution in [-0.2, 0) is 14.6 Å². The molecule has 1 N–H and O–H groups in total. The van der Waals surface area contributed by atoms with Gasteiger partial charge in [-0.15, -0.1) is 0 Å². The lowest BCUT2D eigenvalue weighted by Gasteiger charge is -2.36. The number of nitrogens with zero attached hydrogens (tertiary/aromatic N) is 1. The zero-order valence-corrected chi connectivity index (χ0v) is 9.59. The standard InChI is InChI=1S/C9H16N2O3S/c1-7-6-11(2-3-15(7,13)14)9(12)8-4-10-5-8/h7-8,10H,2-6H2,1H3. The van der Waals surface area contributed by atoms with Crippen molar-refractivity contribution in [2.75, 3.05) is 31.9 Å². The molecule has 0 bridgehead atoms. The van der Waals surface area contributed by atoms with E-state index in [1.54, 1.807) is 11.8 Å². The van der Waals surface area contributed by atoms with Gasteiger partial charge in [-0.05, 0) is 6.92 Å². The molecule has 2 fully saturated rings. The molecule has 0 saturated carbocycles. The molecular weight excluding hydrogens is 216 g/mol. The summed E-state index contributed by atoms with van der Waals surface area (Å²) in [6, 6.07) is 0. The fraction of sp³-hybridized carbons (Fsp3) is 0.889. The van der Waals surface area contributed by atoms with Crippen molar-refractivity contribution in [1.29, 1.82) is 0 Å². The van der Waals surface area contributed by atoms with E-state index in [-0.39, 0.29) is 17.6 Å². The molecule has 0 aromatic heterocycles. The van der Waals surface area contributed by atoms with Gasteiger partial charge in [-0.1, -0.05) is 0 Å². The molecule has 0 spiro atoms. The lowest BCUT2D eigenvalue weighted by molar-refractivity contribution is -0.137. The topological polar surface area (TPSA) is 66.5 Å². The lowest BCUT2D eigenvalue weighted by Crippen LogP contribution is -2.56. The molecule has 0 radical (unpaired) electrons. The van der Waals surface area contributed by atoms with Crippen molar-refractivity contribution in [2.24, 2.45) is 5.92 Å². The van der Waals surface area contributed by atoms with Crippen LogP contribution in [0.15, 0.2) is 0 Å². The summed E-state index contributed by atoms with van der Waals surface area (Å²) in [6.45, 7) is 3.86. The van der Waals surface area contributed by atoms with Crippen LogP contribution < -0.4 is 5.32 Å². The highest BCUT2D eigenvalue weighted by atomic mass is 32.2. The first kappa shape index (κ1) is 10.9. The van der Waals surface area contributed by atoms with Gasteiger partial charge in [0.1, 0.15) is 0 Å². The van der Waals surface area contributed by atoms with Crippen LogP contribution in [0, 0.1) is 5.92 Å². The van der Waals surface area contributed by atoms with Gasteiger partial charge in [-0.3, -0.25) is 4.79 Å². The van der Waals surface area contributed by atoms with Crippen LogP contribution in [0.3, 0.4) is 0 Å². The normalized spacial score (nSPS) is 31.0. The van der Waals surface area contributed by atoms with Crippen LogP contribution in [0.5, 0.6) is 0 Å². The van der Waals surface area contributed by atoms with Crippen LogP contribution in [0.4, 0.5) is 0 Å². The Kier molecular flexibility index (Phi) is 2.72. The first-order chi connectivity index (χ1) is 7.00. The third-order valence-electron chi connectivity index (χ3n) is 3.18. The molecule has 2 aliphatic heterocycles. The zero-order chi connectivity index (χ0) is 11.1. The predicted molar refractivity (Wildman–Crippen MR) is 56.2 cm³/mol. The fourth-order valence-corrected chi connectivity index (χ4v) is 3.16. The van der Waals surface area contributed by atoms with Gasteiger partial charge in [0, 0.05) is 26.2 Å². The van der Waals surface area contributed by atoms with Gasteiger partial charge in [0.25, 0.3) is 0 Å². The van der Waals surface area contributed by atoms with Crippen LogP contribution in [-0.4, -0.2) is 56.4 Å². The van der Waals surface area contributed by atoms with Crippen molar-refractivity contribution < 1.29 is 13.2 Å². The monoisotopic (exact) mass is 232 g/mol. The highest BCUT2D eigenvalue weighted by Crippen LogP contribution is 2.16. The number of hydrogen-bond acceptors (Lipinski definition) is 4. The minimum Gasteiger partial charge on any atom is -0.340 e. The number of amides is 1. The van der Waals surface area contributed by atoms with Gasteiger partial charge >= 0.3 is 0 Å². The fourth-order valence-electron chi connectivity index (χ4n) is 1.88. The molecule has 2 aliphatic rings. The van der Waals surface area contributed by atoms with E-state index < -0.39 is 15.1 Å². The molecule has 0 aromatic carbocycles. The van der Waals surface area contributed by atoms with Crippen LogP contribution in [0.25, 0.3) is 0 Å². The average Bonchev–Trinajstić information content (AvgIpc) is 2.06. The Morgan fingerprint density at radius 2 is 2.07 bits per heavy atom. The predicted octanol–water partition coefficient (Wildman–Crippen LogP) is -1.15. The summed E-state index contributed by atoms with van der Waals surface area (Å²) >= 11 is 0. The minimum absolute atomic E-state index is 0.0676. The lowest BCUT2D eigenvalue weighted by atomic mass is 10.0. The quantitative estimate of drug-likeness (QED) is 0.620. The second kappa shape index (κ2) is 3.75. The summed E-state index contributed by atoms with van der Waals surface area (Å²) in [5.41, 5.74) is 0. The van der Waals surface area contributed by atoms with Crippen molar-refractivity contribution in [3.05, 3.63) is 0 Å². The van der Waals surface area contributed by atoms with Gasteiger partial charge in [-0.2, -0.15) is 0 Å². The number of carbonyl (C=O) groups is 1. The van der Waals surface area contributed by atoms with Crippen LogP contribution in [0.2, 0.25) is 0 Å². The van der Waals surface area contributed by atoms with E-state index in [1.165, 1.54) is 0 Å². The van der Waals surface area contributed by atoms with E-state index in [4.69, 9.17) is 0 Å². The molecule has 6 heteroatoms. The third kappa shape index (κ3) is 2.01. The summed E-state index contributed by atoms with van der Waals surface area (Å²) in [6.07, 6.45) is 0. The summed E-state index contributed by atoms with van der Waals surface area (Å²) < 4.78 is 22.9. The molecule has 86 valence electrons. The van der Waals surface area contributed by atoms with Crippen molar-refractivity contribution >= 4 is 15.7 Å². The van der Waals surface area contributed by atoms with Crippen LogP contribution >= 0.6 is 0 Å². The van der Waals surface area contributed by atoms with Gasteiger partial charge < -0.3 is 10.2 Å². The van der Waals surface area contributed by atoms with E-state index in [0.717, 1.165) is 13.1 Å². The number of sulfone groups is 1. The maximum absolute atomic E-state index is 11.8. The number of carbonyl (C=O) groups excluding carboxylic acids is 1. The largest absolute Gasteiger partial charge is 0.340 e. The van der Waals surface area contributed by atoms with E-state index in [1.807, 2.05) is 0 Å². The minimum atomic E-state index is -2.95. The summed E-state index contributed by atoms with van der Waals surface area (Å²) in [5.74, 6) is 0.286. The highest BCUT2D eigenvalue weighted by Gasteiger charge is 2.35. The molecule has 2 heterocycles. The Hall–Kier alpha value is -0.620. The van der Waals surface area contributed by atoms with Crippen molar-refractivity contribution in [2.45, 2.75) is 12.2 Å². The van der Waals surface area contributed by atoms with Crippen molar-refractivity contribution in [3.63, 3.8) is 0 Å². The molecule has 0 aromatic rings. The maximum atomic E-state index is 11.8.